The first-order chi connectivity index (χ1) is 13.8. The molecule has 1 aliphatic heterocycles. The van der Waals surface area contributed by atoms with Crippen LogP contribution in [-0.4, -0.2) is 34.5 Å². The highest BCUT2D eigenvalue weighted by Gasteiger charge is 2.44. The quantitative estimate of drug-likeness (QED) is 0.682. The molecule has 1 heterocycles. The molecule has 154 valence electrons. The number of hydrogen-bond donors (Lipinski definition) is 1. The van der Waals surface area contributed by atoms with Crippen LogP contribution in [0.15, 0.2) is 48.5 Å². The Hall–Kier alpha value is -2.08. The number of carbonyl (C=O) groups excluding carboxylic acids is 1. The van der Waals surface area contributed by atoms with Crippen molar-refractivity contribution in [3.63, 3.8) is 0 Å². The summed E-state index contributed by atoms with van der Waals surface area (Å²) in [5, 5.41) is 10.4. The molecule has 0 aliphatic carbocycles. The van der Waals surface area contributed by atoms with Crippen LogP contribution in [0.4, 0.5) is 0 Å². The Bertz CT molecular complexity index is 885. The van der Waals surface area contributed by atoms with Gasteiger partial charge in [0.1, 0.15) is 12.2 Å². The second kappa shape index (κ2) is 9.16. The highest BCUT2D eigenvalue weighted by molar-refractivity contribution is 6.30. The van der Waals surface area contributed by atoms with Crippen LogP contribution >= 0.6 is 23.2 Å². The number of carboxylic acids is 1. The fraction of sp³-hybridized carbons (Fsp3) is 0.364. The Morgan fingerprint density at radius 2 is 1.79 bits per heavy atom. The molecule has 0 bridgehead atoms. The molecule has 0 aromatic heterocycles. The van der Waals surface area contributed by atoms with Gasteiger partial charge in [-0.2, -0.15) is 0 Å². The third kappa shape index (κ3) is 5.10. The van der Waals surface area contributed by atoms with E-state index < -0.39 is 30.6 Å². The fourth-order valence-electron chi connectivity index (χ4n) is 3.65. The van der Waals surface area contributed by atoms with Crippen LogP contribution in [-0.2, 0) is 14.3 Å². The monoisotopic (exact) mass is 435 g/mol. The van der Waals surface area contributed by atoms with Crippen LogP contribution in [0.1, 0.15) is 43.5 Å². The van der Waals surface area contributed by atoms with E-state index in [0.717, 1.165) is 11.1 Å². The number of amides is 1. The molecule has 3 atom stereocenters. The maximum absolute atomic E-state index is 13.2. The lowest BCUT2D eigenvalue weighted by Gasteiger charge is -2.45. The highest BCUT2D eigenvalue weighted by Crippen LogP contribution is 2.43. The first kappa shape index (κ1) is 21.6. The van der Waals surface area contributed by atoms with Gasteiger partial charge in [-0.05, 0) is 41.3 Å². The second-order valence-corrected chi connectivity index (χ2v) is 8.45. The minimum absolute atomic E-state index is 0.192. The molecule has 0 unspecified atom stereocenters. The van der Waals surface area contributed by atoms with Crippen LogP contribution in [0, 0.1) is 5.92 Å². The maximum atomic E-state index is 13.2. The van der Waals surface area contributed by atoms with E-state index >= 15 is 0 Å². The van der Waals surface area contributed by atoms with E-state index in [4.69, 9.17) is 27.9 Å². The molecule has 0 spiro atoms. The predicted molar refractivity (Wildman–Crippen MR) is 112 cm³/mol. The van der Waals surface area contributed by atoms with E-state index in [2.05, 4.69) is 0 Å². The number of hydrogen-bond acceptors (Lipinski definition) is 3. The third-order valence-electron chi connectivity index (χ3n) is 4.80. The Labute approximate surface area is 180 Å². The lowest BCUT2D eigenvalue weighted by Crippen LogP contribution is -2.52. The van der Waals surface area contributed by atoms with Crippen LogP contribution in [0.3, 0.4) is 0 Å². The molecule has 3 rings (SSSR count). The predicted octanol–water partition coefficient (Wildman–Crippen LogP) is 5.13. The van der Waals surface area contributed by atoms with Gasteiger partial charge in [0.2, 0.25) is 0 Å². The smallest absolute Gasteiger partial charge is 0.306 e. The first-order valence-corrected chi connectivity index (χ1v) is 10.2. The molecular formula is C22H23Cl2NO4. The largest absolute Gasteiger partial charge is 0.481 e. The molecule has 1 aliphatic rings. The number of ether oxygens (including phenoxy) is 1. The van der Waals surface area contributed by atoms with E-state index in [1.165, 1.54) is 0 Å². The van der Waals surface area contributed by atoms with Crippen LogP contribution in [0.5, 0.6) is 0 Å². The number of aliphatic carboxylic acids is 1. The molecule has 0 radical (unpaired) electrons. The molecule has 1 fully saturated rings. The van der Waals surface area contributed by atoms with Gasteiger partial charge in [0.25, 0.3) is 5.91 Å². The first-order valence-electron chi connectivity index (χ1n) is 9.45. The van der Waals surface area contributed by atoms with Crippen molar-refractivity contribution in [3.05, 3.63) is 69.7 Å². The van der Waals surface area contributed by atoms with Crippen molar-refractivity contribution in [2.45, 2.75) is 38.5 Å². The fourth-order valence-corrected chi connectivity index (χ4v) is 3.97. The van der Waals surface area contributed by atoms with Gasteiger partial charge < -0.3 is 14.7 Å². The molecule has 1 N–H and O–H groups in total. The van der Waals surface area contributed by atoms with E-state index in [-0.39, 0.29) is 11.8 Å². The van der Waals surface area contributed by atoms with Crippen molar-refractivity contribution in [1.29, 1.82) is 0 Å². The molecule has 7 heteroatoms. The van der Waals surface area contributed by atoms with Crippen LogP contribution < -0.4 is 0 Å². The summed E-state index contributed by atoms with van der Waals surface area (Å²) in [4.78, 5) is 26.3. The second-order valence-electron chi connectivity index (χ2n) is 7.58. The van der Waals surface area contributed by atoms with Crippen molar-refractivity contribution in [2.24, 2.45) is 5.92 Å². The number of nitrogens with zero attached hydrogens (tertiary/aromatic N) is 1. The summed E-state index contributed by atoms with van der Waals surface area (Å²) in [5.41, 5.74) is 1.65. The van der Waals surface area contributed by atoms with Crippen molar-refractivity contribution < 1.29 is 19.4 Å². The zero-order valence-corrected chi connectivity index (χ0v) is 17.7. The molecule has 0 saturated carbocycles. The van der Waals surface area contributed by atoms with Crippen molar-refractivity contribution >= 4 is 35.1 Å². The average molecular weight is 436 g/mol. The lowest BCUT2D eigenvalue weighted by atomic mass is 9.90. The summed E-state index contributed by atoms with van der Waals surface area (Å²) in [6.07, 6.45) is -2.01. The minimum atomic E-state index is -1.08. The zero-order valence-electron chi connectivity index (χ0n) is 16.2. The molecule has 29 heavy (non-hydrogen) atoms. The summed E-state index contributed by atoms with van der Waals surface area (Å²) in [5.74, 6) is -1.21. The number of carbonyl (C=O) groups is 2. The summed E-state index contributed by atoms with van der Waals surface area (Å²) >= 11 is 12.3. The lowest BCUT2D eigenvalue weighted by molar-refractivity contribution is -0.179. The van der Waals surface area contributed by atoms with Gasteiger partial charge in [-0.15, -0.1) is 0 Å². The number of rotatable bonds is 6. The normalized spacial score (nSPS) is 22.2. The maximum Gasteiger partial charge on any atom is 0.306 e. The number of morpholine rings is 1. The Morgan fingerprint density at radius 1 is 1.10 bits per heavy atom. The van der Waals surface area contributed by atoms with E-state index in [0.29, 0.717) is 16.6 Å². The number of halogens is 2. The molecule has 1 saturated heterocycles. The standard InChI is InChI=1S/C22H23Cl2NO4/c1-13(2)12-25-20(14-6-8-16(23)9-7-14)21(15-4-3-5-17(24)10-15)29-18(22(25)28)11-19(26)27/h3-10,13,18,20-21H,11-12H2,1-2H3,(H,26,27)/t18-,20+,21+/m0/s1. The topological polar surface area (TPSA) is 66.8 Å². The van der Waals surface area contributed by atoms with Gasteiger partial charge in [-0.25, -0.2) is 0 Å². The Kier molecular flexibility index (Phi) is 6.83. The molecule has 1 amide bonds. The van der Waals surface area contributed by atoms with Crippen LogP contribution in [0.2, 0.25) is 10.0 Å². The number of benzene rings is 2. The van der Waals surface area contributed by atoms with Gasteiger partial charge in [0.05, 0.1) is 12.5 Å². The van der Waals surface area contributed by atoms with Crippen molar-refractivity contribution in [2.75, 3.05) is 6.54 Å². The SMILES string of the molecule is CC(C)CN1C(=O)[C@H](CC(=O)O)O[C@H](c2cccc(Cl)c2)[C@H]1c1ccc(Cl)cc1. The molecular weight excluding hydrogens is 413 g/mol. The third-order valence-corrected chi connectivity index (χ3v) is 5.29. The average Bonchev–Trinajstić information content (AvgIpc) is 2.65. The molecule has 5 nitrogen and oxygen atoms in total. The van der Waals surface area contributed by atoms with Crippen LogP contribution in [0.25, 0.3) is 0 Å². The van der Waals surface area contributed by atoms with Gasteiger partial charge in [-0.1, -0.05) is 61.3 Å². The van der Waals surface area contributed by atoms with Gasteiger partial charge in [0, 0.05) is 16.6 Å². The van der Waals surface area contributed by atoms with Gasteiger partial charge in [-0.3, -0.25) is 9.59 Å². The zero-order chi connectivity index (χ0) is 21.1. The number of carboxylic acid groups (broad SMARTS) is 1. The Morgan fingerprint density at radius 3 is 2.38 bits per heavy atom. The summed E-state index contributed by atoms with van der Waals surface area (Å²) in [7, 11) is 0. The summed E-state index contributed by atoms with van der Waals surface area (Å²) in [6, 6.07) is 14.1. The summed E-state index contributed by atoms with van der Waals surface area (Å²) in [6.45, 7) is 4.51. The van der Waals surface area contributed by atoms with Gasteiger partial charge >= 0.3 is 5.97 Å². The Balaban J connectivity index is 2.11. The molecule has 2 aromatic carbocycles. The molecule has 2 aromatic rings. The van der Waals surface area contributed by atoms with Gasteiger partial charge in [0.15, 0.2) is 0 Å². The van der Waals surface area contributed by atoms with E-state index in [1.54, 1.807) is 29.2 Å². The minimum Gasteiger partial charge on any atom is -0.481 e. The van der Waals surface area contributed by atoms with E-state index in [1.807, 2.05) is 38.1 Å². The van der Waals surface area contributed by atoms with Crippen molar-refractivity contribution in [3.8, 4) is 0 Å². The highest BCUT2D eigenvalue weighted by atomic mass is 35.5. The van der Waals surface area contributed by atoms with E-state index in [9.17, 15) is 14.7 Å². The summed E-state index contributed by atoms with van der Waals surface area (Å²) < 4.78 is 6.10. The van der Waals surface area contributed by atoms with Crippen molar-refractivity contribution in [1.82, 2.24) is 4.90 Å².